The van der Waals surface area contributed by atoms with Crippen molar-refractivity contribution in [1.82, 2.24) is 0 Å². The zero-order chi connectivity index (χ0) is 14.7. The van der Waals surface area contributed by atoms with Crippen LogP contribution in [-0.4, -0.2) is 18.0 Å². The highest BCUT2D eigenvalue weighted by molar-refractivity contribution is 9.10. The minimum Gasteiger partial charge on any atom is -0.462 e. The maximum Gasteiger partial charge on any atom is 0.310 e. The first-order chi connectivity index (χ1) is 10.0. The number of anilines is 1. The second kappa shape index (κ2) is 4.71. The Labute approximate surface area is 135 Å². The summed E-state index contributed by atoms with van der Waals surface area (Å²) in [7, 11) is 0. The molecule has 1 saturated heterocycles. The SMILES string of the molecule is O=C(Nc1ccc(Br)cc1Cl)[C@@H]1[C@@H]2C[C@@H]3[C@H]1C(=O)O[C@@H]3C2. The molecule has 1 amide bonds. The normalized spacial score (nSPS) is 35.9. The number of carbonyl (C=O) groups excluding carboxylic acids is 2. The van der Waals surface area contributed by atoms with Crippen LogP contribution < -0.4 is 5.32 Å². The molecule has 0 unspecified atom stereocenters. The smallest absolute Gasteiger partial charge is 0.310 e. The molecular formula is C15H13BrClNO3. The molecule has 2 saturated carbocycles. The summed E-state index contributed by atoms with van der Waals surface area (Å²) in [5, 5.41) is 3.35. The lowest BCUT2D eigenvalue weighted by Gasteiger charge is -2.23. The first-order valence-electron chi connectivity index (χ1n) is 7.01. The van der Waals surface area contributed by atoms with Crippen molar-refractivity contribution in [1.29, 1.82) is 0 Å². The Kier molecular flexibility index (Phi) is 3.05. The minimum atomic E-state index is -0.277. The summed E-state index contributed by atoms with van der Waals surface area (Å²) in [4.78, 5) is 24.5. The number of rotatable bonds is 2. The van der Waals surface area contributed by atoms with E-state index in [4.69, 9.17) is 16.3 Å². The minimum absolute atomic E-state index is 0.0489. The lowest BCUT2D eigenvalue weighted by Crippen LogP contribution is -2.35. The van der Waals surface area contributed by atoms with Crippen LogP contribution in [0.4, 0.5) is 5.69 Å². The van der Waals surface area contributed by atoms with Crippen LogP contribution in [0, 0.1) is 23.7 Å². The van der Waals surface area contributed by atoms with Crippen molar-refractivity contribution in [2.45, 2.75) is 18.9 Å². The van der Waals surface area contributed by atoms with E-state index in [0.29, 0.717) is 10.7 Å². The molecule has 2 bridgehead atoms. The molecule has 1 aliphatic heterocycles. The Morgan fingerprint density at radius 1 is 1.38 bits per heavy atom. The molecule has 4 rings (SSSR count). The molecule has 0 spiro atoms. The molecule has 1 aromatic rings. The predicted octanol–water partition coefficient (Wildman–Crippen LogP) is 3.24. The zero-order valence-corrected chi connectivity index (χ0v) is 13.4. The number of hydrogen-bond acceptors (Lipinski definition) is 3. The van der Waals surface area contributed by atoms with Crippen LogP contribution in [0.5, 0.6) is 0 Å². The van der Waals surface area contributed by atoms with Crippen LogP contribution in [0.3, 0.4) is 0 Å². The van der Waals surface area contributed by atoms with Crippen LogP contribution in [0.15, 0.2) is 22.7 Å². The molecular weight excluding hydrogens is 358 g/mol. The molecule has 0 radical (unpaired) electrons. The van der Waals surface area contributed by atoms with E-state index >= 15 is 0 Å². The van der Waals surface area contributed by atoms with Crippen molar-refractivity contribution in [3.63, 3.8) is 0 Å². The Hall–Kier alpha value is -1.07. The Morgan fingerprint density at radius 3 is 2.95 bits per heavy atom. The topological polar surface area (TPSA) is 55.4 Å². The van der Waals surface area contributed by atoms with E-state index < -0.39 is 0 Å². The Morgan fingerprint density at radius 2 is 2.19 bits per heavy atom. The van der Waals surface area contributed by atoms with Crippen molar-refractivity contribution < 1.29 is 14.3 Å². The summed E-state index contributed by atoms with van der Waals surface area (Å²) in [5.74, 6) is -0.366. The number of ether oxygens (including phenoxy) is 1. The summed E-state index contributed by atoms with van der Waals surface area (Å²) < 4.78 is 6.21. The third-order valence-corrected chi connectivity index (χ3v) is 5.78. The van der Waals surface area contributed by atoms with Crippen molar-refractivity contribution in [3.8, 4) is 0 Å². The molecule has 1 N–H and O–H groups in total. The van der Waals surface area contributed by atoms with E-state index in [1.54, 1.807) is 12.1 Å². The molecule has 2 aliphatic carbocycles. The van der Waals surface area contributed by atoms with Crippen LogP contribution in [0.1, 0.15) is 12.8 Å². The molecule has 1 aromatic carbocycles. The highest BCUT2D eigenvalue weighted by Crippen LogP contribution is 2.57. The number of amides is 1. The first kappa shape index (κ1) is 13.6. The summed E-state index contributed by atoms with van der Waals surface area (Å²) in [6.45, 7) is 0. The van der Waals surface area contributed by atoms with Gasteiger partial charge in [0.15, 0.2) is 0 Å². The molecule has 21 heavy (non-hydrogen) atoms. The van der Waals surface area contributed by atoms with Gasteiger partial charge >= 0.3 is 5.97 Å². The van der Waals surface area contributed by atoms with Gasteiger partial charge in [-0.2, -0.15) is 0 Å². The van der Waals surface area contributed by atoms with E-state index in [9.17, 15) is 9.59 Å². The van der Waals surface area contributed by atoms with Crippen LogP contribution in [-0.2, 0) is 14.3 Å². The van der Waals surface area contributed by atoms with Gasteiger partial charge in [-0.15, -0.1) is 0 Å². The van der Waals surface area contributed by atoms with Crippen LogP contribution >= 0.6 is 27.5 Å². The second-order valence-electron chi connectivity index (χ2n) is 6.04. The molecule has 3 aliphatic rings. The average Bonchev–Trinajstić information content (AvgIpc) is 3.02. The van der Waals surface area contributed by atoms with E-state index in [-0.39, 0.29) is 41.7 Å². The monoisotopic (exact) mass is 369 g/mol. The third-order valence-electron chi connectivity index (χ3n) is 4.97. The molecule has 5 atom stereocenters. The van der Waals surface area contributed by atoms with E-state index in [0.717, 1.165) is 17.3 Å². The van der Waals surface area contributed by atoms with Gasteiger partial charge in [-0.25, -0.2) is 0 Å². The lowest BCUT2D eigenvalue weighted by molar-refractivity contribution is -0.145. The predicted molar refractivity (Wildman–Crippen MR) is 80.9 cm³/mol. The summed E-state index contributed by atoms with van der Waals surface area (Å²) >= 11 is 9.46. The maximum atomic E-state index is 12.6. The number of hydrogen-bond donors (Lipinski definition) is 1. The van der Waals surface area contributed by atoms with Crippen molar-refractivity contribution in [2.75, 3.05) is 5.32 Å². The lowest BCUT2D eigenvalue weighted by atomic mass is 9.79. The molecule has 0 aromatic heterocycles. The van der Waals surface area contributed by atoms with Gasteiger partial charge in [-0.05, 0) is 37.0 Å². The van der Waals surface area contributed by atoms with Gasteiger partial charge < -0.3 is 10.1 Å². The first-order valence-corrected chi connectivity index (χ1v) is 8.18. The van der Waals surface area contributed by atoms with Crippen LogP contribution in [0.25, 0.3) is 0 Å². The number of halogens is 2. The van der Waals surface area contributed by atoms with Crippen molar-refractivity contribution in [3.05, 3.63) is 27.7 Å². The highest BCUT2D eigenvalue weighted by atomic mass is 79.9. The summed E-state index contributed by atoms with van der Waals surface area (Å²) in [6.07, 6.45) is 1.79. The second-order valence-corrected chi connectivity index (χ2v) is 7.36. The molecule has 3 fully saturated rings. The van der Waals surface area contributed by atoms with Gasteiger partial charge in [0.05, 0.1) is 22.5 Å². The largest absolute Gasteiger partial charge is 0.462 e. The fraction of sp³-hybridized carbons (Fsp3) is 0.467. The summed E-state index contributed by atoms with van der Waals surface area (Å²) in [6, 6.07) is 5.31. The Balaban J connectivity index is 1.57. The highest BCUT2D eigenvalue weighted by Gasteiger charge is 2.63. The van der Waals surface area contributed by atoms with E-state index in [1.807, 2.05) is 6.07 Å². The quantitative estimate of drug-likeness (QED) is 0.813. The molecule has 110 valence electrons. The van der Waals surface area contributed by atoms with Crippen molar-refractivity contribution >= 4 is 45.1 Å². The van der Waals surface area contributed by atoms with E-state index in [1.165, 1.54) is 0 Å². The van der Waals surface area contributed by atoms with Crippen molar-refractivity contribution in [2.24, 2.45) is 23.7 Å². The molecule has 6 heteroatoms. The fourth-order valence-corrected chi connectivity index (χ4v) is 4.89. The average molecular weight is 371 g/mol. The standard InChI is InChI=1S/C15H13BrClNO3/c16-7-1-2-10(9(17)5-7)18-14(19)12-6-3-8-11(4-6)21-15(20)13(8)12/h1-2,5-6,8,11-13H,3-4H2,(H,18,19)/t6-,8+,11-,12-,13-/m1/s1. The summed E-state index contributed by atoms with van der Waals surface area (Å²) in [5.41, 5.74) is 0.579. The number of carbonyl (C=O) groups is 2. The van der Waals surface area contributed by atoms with Gasteiger partial charge in [0.1, 0.15) is 6.10 Å². The van der Waals surface area contributed by atoms with E-state index in [2.05, 4.69) is 21.2 Å². The number of nitrogens with one attached hydrogen (secondary N) is 1. The van der Waals surface area contributed by atoms with Crippen LogP contribution in [0.2, 0.25) is 5.02 Å². The van der Waals surface area contributed by atoms with Gasteiger partial charge in [0, 0.05) is 10.4 Å². The molecule has 4 nitrogen and oxygen atoms in total. The van der Waals surface area contributed by atoms with Gasteiger partial charge in [0.25, 0.3) is 0 Å². The Bertz CT molecular complexity index is 648. The number of esters is 1. The zero-order valence-electron chi connectivity index (χ0n) is 11.0. The molecule has 1 heterocycles. The maximum absolute atomic E-state index is 12.6. The third kappa shape index (κ3) is 2.01. The van der Waals surface area contributed by atoms with Gasteiger partial charge in [-0.3, -0.25) is 9.59 Å². The van der Waals surface area contributed by atoms with Gasteiger partial charge in [0.2, 0.25) is 5.91 Å². The fourth-order valence-electron chi connectivity index (χ4n) is 4.17. The number of benzene rings is 1. The number of fused-ring (bicyclic) bond motifs is 1. The van der Waals surface area contributed by atoms with Gasteiger partial charge in [-0.1, -0.05) is 27.5 Å².